The van der Waals surface area contributed by atoms with Crippen LogP contribution in [-0.2, 0) is 13.0 Å². The number of nitrogens with one attached hydrogen (secondary N) is 1. The van der Waals surface area contributed by atoms with Crippen molar-refractivity contribution < 1.29 is 5.11 Å². The first-order chi connectivity index (χ1) is 13.2. The zero-order chi connectivity index (χ0) is 18.4. The molecule has 2 N–H and O–H groups in total. The topological polar surface area (TPSA) is 66.7 Å². The molecule has 0 aliphatic heterocycles. The Morgan fingerprint density at radius 2 is 2.00 bits per heavy atom. The molecule has 0 bridgehead atoms. The smallest absolute Gasteiger partial charge is 0.332 e. The van der Waals surface area contributed by atoms with E-state index in [2.05, 4.69) is 49.5 Å². The van der Waals surface area contributed by atoms with Gasteiger partial charge in [-0.3, -0.25) is 5.10 Å². The molecule has 5 aromatic rings. The first kappa shape index (κ1) is 16.4. The minimum atomic E-state index is -0.227. The number of benzene rings is 2. The van der Waals surface area contributed by atoms with Crippen LogP contribution < -0.4 is 0 Å². The molecule has 0 amide bonds. The van der Waals surface area contributed by atoms with Gasteiger partial charge in [0.1, 0.15) is 5.82 Å². The van der Waals surface area contributed by atoms with Gasteiger partial charge >= 0.3 is 6.01 Å². The Labute approximate surface area is 163 Å². The maximum atomic E-state index is 9.38. The minimum Gasteiger partial charge on any atom is -0.478 e. The lowest BCUT2D eigenvalue weighted by molar-refractivity contribution is 0.432. The summed E-state index contributed by atoms with van der Waals surface area (Å²) in [5.74, 6) is 0.642. The summed E-state index contributed by atoms with van der Waals surface area (Å²) in [6, 6.07) is 14.1. The van der Waals surface area contributed by atoms with Crippen LogP contribution in [-0.4, -0.2) is 24.9 Å². The van der Waals surface area contributed by atoms with Crippen LogP contribution >= 0.6 is 22.9 Å². The van der Waals surface area contributed by atoms with Crippen LogP contribution in [0, 0.1) is 0 Å². The molecule has 0 unspecified atom stereocenters. The lowest BCUT2D eigenvalue weighted by atomic mass is 10.1. The highest BCUT2D eigenvalue weighted by Gasteiger charge is 2.13. The van der Waals surface area contributed by atoms with Gasteiger partial charge < -0.3 is 9.67 Å². The zero-order valence-corrected chi connectivity index (χ0v) is 15.8. The molecule has 0 radical (unpaired) electrons. The second kappa shape index (κ2) is 6.40. The van der Waals surface area contributed by atoms with Gasteiger partial charge in [-0.05, 0) is 46.2 Å². The van der Waals surface area contributed by atoms with Crippen molar-refractivity contribution in [1.82, 2.24) is 19.7 Å². The van der Waals surface area contributed by atoms with Crippen LogP contribution in [0.5, 0.6) is 6.01 Å². The van der Waals surface area contributed by atoms with Crippen LogP contribution in [0.2, 0.25) is 5.02 Å². The van der Waals surface area contributed by atoms with Gasteiger partial charge in [-0.2, -0.15) is 4.98 Å². The third-order valence-corrected chi connectivity index (χ3v) is 5.95. The van der Waals surface area contributed by atoms with Gasteiger partial charge in [-0.25, -0.2) is 0 Å². The molecule has 0 saturated heterocycles. The fourth-order valence-electron chi connectivity index (χ4n) is 3.50. The van der Waals surface area contributed by atoms with E-state index >= 15 is 0 Å². The van der Waals surface area contributed by atoms with Crippen molar-refractivity contribution in [1.29, 1.82) is 0 Å². The number of aromatic amines is 1. The second-order valence-electron chi connectivity index (χ2n) is 6.46. The molecule has 0 aliphatic rings. The molecule has 2 aromatic carbocycles. The van der Waals surface area contributed by atoms with Crippen molar-refractivity contribution in [2.45, 2.75) is 13.0 Å². The number of hydrogen-bond donors (Lipinski definition) is 2. The highest BCUT2D eigenvalue weighted by molar-refractivity contribution is 7.17. The average Bonchev–Trinajstić information content (AvgIpc) is 3.35. The molecule has 5 rings (SSSR count). The van der Waals surface area contributed by atoms with Crippen molar-refractivity contribution in [2.24, 2.45) is 0 Å². The van der Waals surface area contributed by atoms with Gasteiger partial charge in [0.05, 0.1) is 0 Å². The van der Waals surface area contributed by atoms with Gasteiger partial charge in [-0.1, -0.05) is 29.8 Å². The number of aromatic nitrogens is 4. The van der Waals surface area contributed by atoms with Crippen LogP contribution in [0.25, 0.3) is 21.0 Å². The number of H-pyrrole nitrogens is 1. The van der Waals surface area contributed by atoms with Gasteiger partial charge in [0.15, 0.2) is 0 Å². The molecule has 0 aliphatic carbocycles. The molecule has 3 heterocycles. The Hall–Kier alpha value is -2.83. The number of rotatable bonds is 4. The van der Waals surface area contributed by atoms with Crippen molar-refractivity contribution >= 4 is 43.9 Å². The van der Waals surface area contributed by atoms with Gasteiger partial charge in [0.25, 0.3) is 0 Å². The molecule has 3 aromatic heterocycles. The van der Waals surface area contributed by atoms with Crippen LogP contribution in [0.1, 0.15) is 17.0 Å². The summed E-state index contributed by atoms with van der Waals surface area (Å²) in [7, 11) is 0. The number of hydrogen-bond acceptors (Lipinski definition) is 4. The Morgan fingerprint density at radius 3 is 2.85 bits per heavy atom. The van der Waals surface area contributed by atoms with Gasteiger partial charge in [0.2, 0.25) is 0 Å². The van der Waals surface area contributed by atoms with E-state index in [4.69, 9.17) is 11.6 Å². The largest absolute Gasteiger partial charge is 0.478 e. The fourth-order valence-corrected chi connectivity index (χ4v) is 4.61. The Bertz CT molecular complexity index is 1270. The van der Waals surface area contributed by atoms with E-state index in [-0.39, 0.29) is 6.01 Å². The monoisotopic (exact) mass is 394 g/mol. The quantitative estimate of drug-likeness (QED) is 0.452. The summed E-state index contributed by atoms with van der Waals surface area (Å²) in [6.07, 6.45) is 2.73. The maximum absolute atomic E-state index is 9.38. The summed E-state index contributed by atoms with van der Waals surface area (Å²) < 4.78 is 3.49. The number of thiophene rings is 1. The molecule has 0 fully saturated rings. The Kier molecular flexibility index (Phi) is 3.88. The number of aromatic hydroxyl groups is 1. The van der Waals surface area contributed by atoms with Crippen molar-refractivity contribution in [3.8, 4) is 6.01 Å². The number of para-hydroxylation sites is 1. The molecule has 0 spiro atoms. The lowest BCUT2D eigenvalue weighted by Gasteiger charge is -2.05. The fraction of sp³-hybridized carbons (Fsp3) is 0.100. The van der Waals surface area contributed by atoms with E-state index in [9.17, 15) is 5.11 Å². The molecule has 27 heavy (non-hydrogen) atoms. The highest BCUT2D eigenvalue weighted by Crippen LogP contribution is 2.31. The van der Waals surface area contributed by atoms with E-state index in [0.29, 0.717) is 12.2 Å². The predicted octanol–water partition coefficient (Wildman–Crippen LogP) is 4.97. The molecule has 7 heteroatoms. The third kappa shape index (κ3) is 2.97. The second-order valence-corrected chi connectivity index (χ2v) is 7.81. The number of fused-ring (bicyclic) bond motifs is 2. The van der Waals surface area contributed by atoms with Crippen molar-refractivity contribution in [2.75, 3.05) is 0 Å². The van der Waals surface area contributed by atoms with Crippen LogP contribution in [0.3, 0.4) is 0 Å². The van der Waals surface area contributed by atoms with E-state index in [1.165, 1.54) is 21.0 Å². The highest BCUT2D eigenvalue weighted by atomic mass is 35.5. The van der Waals surface area contributed by atoms with Crippen LogP contribution in [0.15, 0.2) is 54.0 Å². The van der Waals surface area contributed by atoms with E-state index in [1.807, 2.05) is 24.3 Å². The SMILES string of the molecule is Oc1n[nH]c(Cc2cn(Cc3csc4ccc(Cl)cc34)c3ccccc23)n1. The van der Waals surface area contributed by atoms with Crippen molar-refractivity contribution in [3.05, 3.63) is 76.0 Å². The summed E-state index contributed by atoms with van der Waals surface area (Å²) in [4.78, 5) is 4.02. The van der Waals surface area contributed by atoms with Gasteiger partial charge in [-0.15, -0.1) is 16.4 Å². The normalized spacial score (nSPS) is 11.6. The van der Waals surface area contributed by atoms with E-state index in [0.717, 1.165) is 22.6 Å². The Morgan fingerprint density at radius 1 is 1.11 bits per heavy atom. The first-order valence-corrected chi connectivity index (χ1v) is 9.76. The Balaban J connectivity index is 1.57. The molecule has 0 atom stereocenters. The molecule has 0 saturated carbocycles. The molecule has 5 nitrogen and oxygen atoms in total. The molecule has 134 valence electrons. The summed E-state index contributed by atoms with van der Waals surface area (Å²) in [6.45, 7) is 0.766. The standard InChI is InChI=1S/C20H15ClN4OS/c21-14-5-6-18-16(8-14)13(11-27-18)10-25-9-12(7-19-22-20(26)24-23-19)15-3-1-2-4-17(15)25/h1-6,8-9,11H,7,10H2,(H2,22,23,24,26). The third-order valence-electron chi connectivity index (χ3n) is 4.71. The summed E-state index contributed by atoms with van der Waals surface area (Å²) in [5.41, 5.74) is 3.55. The van der Waals surface area contributed by atoms with E-state index < -0.39 is 0 Å². The first-order valence-electron chi connectivity index (χ1n) is 8.50. The predicted molar refractivity (Wildman–Crippen MR) is 109 cm³/mol. The molecular weight excluding hydrogens is 380 g/mol. The molecular formula is C20H15ClN4OS. The lowest BCUT2D eigenvalue weighted by Crippen LogP contribution is -1.97. The average molecular weight is 395 g/mol. The number of nitrogens with zero attached hydrogens (tertiary/aromatic N) is 3. The number of halogens is 1. The zero-order valence-electron chi connectivity index (χ0n) is 14.2. The summed E-state index contributed by atoms with van der Waals surface area (Å²) in [5, 5.41) is 21.2. The minimum absolute atomic E-state index is 0.227. The van der Waals surface area contributed by atoms with E-state index in [1.54, 1.807) is 11.3 Å². The summed E-state index contributed by atoms with van der Waals surface area (Å²) >= 11 is 7.94. The van der Waals surface area contributed by atoms with Crippen molar-refractivity contribution in [3.63, 3.8) is 0 Å². The van der Waals surface area contributed by atoms with Gasteiger partial charge in [0, 0.05) is 39.8 Å². The maximum Gasteiger partial charge on any atom is 0.332 e. The van der Waals surface area contributed by atoms with Crippen LogP contribution in [0.4, 0.5) is 0 Å².